The van der Waals surface area contributed by atoms with Crippen molar-refractivity contribution >= 4 is 51.0 Å². The molecule has 3 heteroatoms. The number of hydrogen-bond donors (Lipinski definition) is 0. The maximum absolute atomic E-state index is 5.35. The lowest BCUT2D eigenvalue weighted by Crippen LogP contribution is -2.12. The summed E-state index contributed by atoms with van der Waals surface area (Å²) in [6.07, 6.45) is 4.49. The summed E-state index contributed by atoms with van der Waals surface area (Å²) in [5.41, 5.74) is 12.4. The van der Waals surface area contributed by atoms with E-state index in [1.165, 1.54) is 27.6 Å². The molecule has 1 aliphatic heterocycles. The van der Waals surface area contributed by atoms with E-state index >= 15 is 0 Å². The van der Waals surface area contributed by atoms with Crippen molar-refractivity contribution in [3.8, 4) is 28.2 Å². The summed E-state index contributed by atoms with van der Waals surface area (Å²) in [6.45, 7) is 0. The predicted molar refractivity (Wildman–Crippen MR) is 193 cm³/mol. The van der Waals surface area contributed by atoms with Gasteiger partial charge in [0, 0.05) is 22.0 Å². The van der Waals surface area contributed by atoms with Crippen LogP contribution >= 0.6 is 0 Å². The average Bonchev–Trinajstić information content (AvgIpc) is 3.37. The molecule has 0 fully saturated rings. The van der Waals surface area contributed by atoms with Crippen molar-refractivity contribution < 1.29 is 0 Å². The molecule has 216 valence electrons. The number of pyridine rings is 1. The van der Waals surface area contributed by atoms with Gasteiger partial charge >= 0.3 is 0 Å². The van der Waals surface area contributed by atoms with Crippen molar-refractivity contribution in [3.05, 3.63) is 175 Å². The Bertz CT molecular complexity index is 2350. The summed E-state index contributed by atoms with van der Waals surface area (Å²) >= 11 is 0. The van der Waals surface area contributed by atoms with Crippen LogP contribution in [0.1, 0.15) is 11.1 Å². The van der Waals surface area contributed by atoms with Crippen LogP contribution in [0.25, 0.3) is 62.2 Å². The fourth-order valence-corrected chi connectivity index (χ4v) is 6.84. The van der Waals surface area contributed by atoms with Gasteiger partial charge in [0.25, 0.3) is 0 Å². The number of fused-ring (bicyclic) bond motifs is 6. The third kappa shape index (κ3) is 4.25. The molecular formula is C43H29N3. The van der Waals surface area contributed by atoms with Gasteiger partial charge in [-0.1, -0.05) is 133 Å². The smallest absolute Gasteiger partial charge is 0.138 e. The minimum absolute atomic E-state index is 0.891. The summed E-state index contributed by atoms with van der Waals surface area (Å²) < 4.78 is 2.34. The number of hydrogen-bond acceptors (Lipinski definition) is 2. The molecule has 0 atom stereocenters. The van der Waals surface area contributed by atoms with Crippen LogP contribution < -0.4 is 4.90 Å². The Labute approximate surface area is 268 Å². The molecule has 0 saturated heterocycles. The SMILES string of the molecule is C1=Cc2ccc3c(c2N(c2ccccc2)c2ccccc21)c1ccccc1n3-c1cc(-c2ccccc2)cc(-c2ccccc2)n1. The van der Waals surface area contributed by atoms with E-state index in [-0.39, 0.29) is 0 Å². The van der Waals surface area contributed by atoms with E-state index in [0.717, 1.165) is 50.6 Å². The lowest BCUT2D eigenvalue weighted by molar-refractivity contribution is 1.08. The predicted octanol–water partition coefficient (Wildman–Crippen LogP) is 11.5. The minimum atomic E-state index is 0.891. The Balaban J connectivity index is 1.38. The van der Waals surface area contributed by atoms with E-state index in [2.05, 4.69) is 185 Å². The van der Waals surface area contributed by atoms with Gasteiger partial charge in [0.2, 0.25) is 0 Å². The Morgan fingerprint density at radius 1 is 0.457 bits per heavy atom. The topological polar surface area (TPSA) is 21.1 Å². The van der Waals surface area contributed by atoms with E-state index in [1.807, 2.05) is 0 Å². The normalized spacial score (nSPS) is 12.2. The van der Waals surface area contributed by atoms with Crippen molar-refractivity contribution in [1.29, 1.82) is 0 Å². The zero-order valence-corrected chi connectivity index (χ0v) is 25.1. The first-order chi connectivity index (χ1) is 22.8. The van der Waals surface area contributed by atoms with Crippen LogP contribution in [0.4, 0.5) is 17.1 Å². The zero-order valence-electron chi connectivity index (χ0n) is 25.1. The summed E-state index contributed by atoms with van der Waals surface area (Å²) in [6, 6.07) is 58.1. The van der Waals surface area contributed by atoms with Crippen molar-refractivity contribution in [2.45, 2.75) is 0 Å². The molecule has 3 heterocycles. The highest BCUT2D eigenvalue weighted by atomic mass is 15.2. The zero-order chi connectivity index (χ0) is 30.5. The van der Waals surface area contributed by atoms with Gasteiger partial charge in [-0.15, -0.1) is 0 Å². The molecule has 6 aromatic carbocycles. The number of para-hydroxylation sites is 3. The highest BCUT2D eigenvalue weighted by Gasteiger charge is 2.26. The summed E-state index contributed by atoms with van der Waals surface area (Å²) in [5, 5.41) is 2.39. The van der Waals surface area contributed by atoms with Crippen LogP contribution in [0, 0.1) is 0 Å². The summed E-state index contributed by atoms with van der Waals surface area (Å²) in [4.78, 5) is 7.77. The molecule has 3 nitrogen and oxygen atoms in total. The minimum Gasteiger partial charge on any atom is -0.309 e. The summed E-state index contributed by atoms with van der Waals surface area (Å²) in [5.74, 6) is 0.891. The molecule has 1 aliphatic rings. The molecule has 0 spiro atoms. The third-order valence-corrected chi connectivity index (χ3v) is 8.92. The van der Waals surface area contributed by atoms with Crippen molar-refractivity contribution in [2.75, 3.05) is 4.90 Å². The first-order valence-corrected chi connectivity index (χ1v) is 15.7. The highest BCUT2D eigenvalue weighted by molar-refractivity contribution is 6.19. The molecule has 0 amide bonds. The first-order valence-electron chi connectivity index (χ1n) is 15.7. The molecule has 2 aromatic heterocycles. The number of aromatic nitrogens is 2. The van der Waals surface area contributed by atoms with Gasteiger partial charge in [-0.3, -0.25) is 4.57 Å². The van der Waals surface area contributed by atoms with Crippen LogP contribution in [0.2, 0.25) is 0 Å². The van der Waals surface area contributed by atoms with E-state index in [0.29, 0.717) is 0 Å². The van der Waals surface area contributed by atoms with Crippen molar-refractivity contribution in [3.63, 3.8) is 0 Å². The molecule has 46 heavy (non-hydrogen) atoms. The van der Waals surface area contributed by atoms with E-state index < -0.39 is 0 Å². The Morgan fingerprint density at radius 2 is 1.11 bits per heavy atom. The first kappa shape index (κ1) is 26.2. The molecule has 8 aromatic rings. The highest BCUT2D eigenvalue weighted by Crippen LogP contribution is 2.48. The van der Waals surface area contributed by atoms with Gasteiger partial charge < -0.3 is 4.90 Å². The largest absolute Gasteiger partial charge is 0.309 e. The maximum Gasteiger partial charge on any atom is 0.138 e. The van der Waals surface area contributed by atoms with Crippen LogP contribution in [0.15, 0.2) is 164 Å². The average molecular weight is 588 g/mol. The van der Waals surface area contributed by atoms with Gasteiger partial charge in [0.15, 0.2) is 0 Å². The molecule has 0 N–H and O–H groups in total. The number of nitrogens with zero attached hydrogens (tertiary/aromatic N) is 3. The van der Waals surface area contributed by atoms with Crippen LogP contribution in [-0.2, 0) is 0 Å². The fourth-order valence-electron chi connectivity index (χ4n) is 6.84. The maximum atomic E-state index is 5.35. The second-order valence-electron chi connectivity index (χ2n) is 11.6. The number of rotatable bonds is 4. The Hall–Kier alpha value is -6.19. The van der Waals surface area contributed by atoms with E-state index in [4.69, 9.17) is 4.98 Å². The lowest BCUT2D eigenvalue weighted by atomic mass is 10.0. The van der Waals surface area contributed by atoms with E-state index in [9.17, 15) is 0 Å². The Morgan fingerprint density at radius 3 is 1.91 bits per heavy atom. The van der Waals surface area contributed by atoms with Crippen LogP contribution in [-0.4, -0.2) is 9.55 Å². The lowest BCUT2D eigenvalue weighted by Gasteiger charge is -2.28. The van der Waals surface area contributed by atoms with Gasteiger partial charge in [-0.2, -0.15) is 0 Å². The summed E-state index contributed by atoms with van der Waals surface area (Å²) in [7, 11) is 0. The molecule has 0 aliphatic carbocycles. The molecule has 0 unspecified atom stereocenters. The van der Waals surface area contributed by atoms with Gasteiger partial charge in [-0.25, -0.2) is 4.98 Å². The van der Waals surface area contributed by atoms with Crippen molar-refractivity contribution in [1.82, 2.24) is 9.55 Å². The molecule has 0 bridgehead atoms. The molecule has 0 saturated carbocycles. The van der Waals surface area contributed by atoms with E-state index in [1.54, 1.807) is 0 Å². The second-order valence-corrected chi connectivity index (χ2v) is 11.6. The molecule has 0 radical (unpaired) electrons. The van der Waals surface area contributed by atoms with Crippen LogP contribution in [0.5, 0.6) is 0 Å². The second kappa shape index (κ2) is 10.8. The monoisotopic (exact) mass is 587 g/mol. The van der Waals surface area contributed by atoms with Crippen LogP contribution in [0.3, 0.4) is 0 Å². The standard InChI is InChI=1S/C43H29N3/c1-4-14-30(15-5-1)34-28-37(31-16-6-2-7-17-31)44-41(29-34)46-39-23-13-11-21-36(39)42-40(46)27-26-33-25-24-32-18-10-12-22-38(32)45(43(33)42)35-19-8-3-9-20-35/h1-29H. The van der Waals surface area contributed by atoms with Gasteiger partial charge in [-0.05, 0) is 64.7 Å². The van der Waals surface area contributed by atoms with Gasteiger partial charge in [0.1, 0.15) is 5.82 Å². The quantitative estimate of drug-likeness (QED) is 0.204. The number of benzene rings is 6. The Kier molecular flexibility index (Phi) is 6.14. The van der Waals surface area contributed by atoms with Gasteiger partial charge in [0.05, 0.1) is 28.1 Å². The molecule has 9 rings (SSSR count). The van der Waals surface area contributed by atoms with Crippen molar-refractivity contribution in [2.24, 2.45) is 0 Å². The fraction of sp³-hybridized carbons (Fsp3) is 0. The molecular weight excluding hydrogens is 558 g/mol. The number of anilines is 3. The third-order valence-electron chi connectivity index (χ3n) is 8.92.